The van der Waals surface area contributed by atoms with Crippen molar-refractivity contribution in [1.29, 1.82) is 0 Å². The lowest BCUT2D eigenvalue weighted by molar-refractivity contribution is -0.113. The zero-order valence-electron chi connectivity index (χ0n) is 15.6. The third-order valence-corrected chi connectivity index (χ3v) is 5.60. The number of carbonyl (C=O) groups is 1. The van der Waals surface area contributed by atoms with E-state index < -0.39 is 0 Å². The van der Waals surface area contributed by atoms with E-state index in [1.54, 1.807) is 24.5 Å². The van der Waals surface area contributed by atoms with E-state index in [1.165, 1.54) is 11.8 Å². The molecule has 2 aliphatic rings. The van der Waals surface area contributed by atoms with Gasteiger partial charge in [-0.1, -0.05) is 11.8 Å². The van der Waals surface area contributed by atoms with Gasteiger partial charge in [0, 0.05) is 35.8 Å². The van der Waals surface area contributed by atoms with E-state index in [4.69, 9.17) is 9.47 Å². The van der Waals surface area contributed by atoms with E-state index in [-0.39, 0.29) is 11.7 Å². The maximum Gasteiger partial charge on any atom is 0.234 e. The summed E-state index contributed by atoms with van der Waals surface area (Å²) in [7, 11) is 0. The predicted octanol–water partition coefficient (Wildman–Crippen LogP) is 3.18. The van der Waals surface area contributed by atoms with Crippen molar-refractivity contribution in [2.75, 3.05) is 24.3 Å². The molecule has 1 amide bonds. The van der Waals surface area contributed by atoms with Crippen LogP contribution in [0.3, 0.4) is 0 Å². The lowest BCUT2D eigenvalue weighted by Crippen LogP contribution is -2.17. The number of thioether (sulfide) groups is 1. The van der Waals surface area contributed by atoms with Crippen molar-refractivity contribution in [3.8, 4) is 22.9 Å². The molecule has 1 N–H and O–H groups in total. The van der Waals surface area contributed by atoms with Gasteiger partial charge in [0.05, 0.1) is 5.75 Å². The summed E-state index contributed by atoms with van der Waals surface area (Å²) in [5.74, 6) is 2.28. The minimum absolute atomic E-state index is 0.111. The molecule has 3 heterocycles. The standard InChI is InChI=1S/C20H19N5O3S/c26-18(22-14-3-6-16-17(10-14)28-9-8-27-16)12-29-20-24-23-19(25(20)15-4-5-15)13-2-1-7-21-11-13/h1-3,6-7,10-11,15H,4-5,8-9,12H2,(H,22,26). The van der Waals surface area contributed by atoms with Gasteiger partial charge in [-0.05, 0) is 37.1 Å². The molecule has 0 unspecified atom stereocenters. The Labute approximate surface area is 171 Å². The third kappa shape index (κ3) is 3.91. The van der Waals surface area contributed by atoms with Gasteiger partial charge in [0.15, 0.2) is 22.5 Å². The SMILES string of the molecule is O=C(CSc1nnc(-c2cccnc2)n1C1CC1)Nc1ccc2c(c1)OCCO2. The Kier molecular flexibility index (Phi) is 4.81. The molecule has 1 aliphatic heterocycles. The van der Waals surface area contributed by atoms with Gasteiger partial charge in [-0.25, -0.2) is 0 Å². The number of nitrogens with zero attached hydrogens (tertiary/aromatic N) is 4. The number of pyridine rings is 1. The summed E-state index contributed by atoms with van der Waals surface area (Å²) < 4.78 is 13.2. The van der Waals surface area contributed by atoms with Crippen molar-refractivity contribution >= 4 is 23.4 Å². The molecule has 0 bridgehead atoms. The lowest BCUT2D eigenvalue weighted by atomic mass is 10.2. The highest BCUT2D eigenvalue weighted by Crippen LogP contribution is 2.41. The van der Waals surface area contributed by atoms with Crippen LogP contribution in [0.2, 0.25) is 0 Å². The van der Waals surface area contributed by atoms with Crippen LogP contribution in [0.25, 0.3) is 11.4 Å². The second kappa shape index (κ2) is 7.75. The molecule has 1 aromatic carbocycles. The van der Waals surface area contributed by atoms with Gasteiger partial charge in [0.1, 0.15) is 13.2 Å². The second-order valence-electron chi connectivity index (χ2n) is 6.84. The number of hydrogen-bond acceptors (Lipinski definition) is 7. The average Bonchev–Trinajstić information content (AvgIpc) is 3.51. The van der Waals surface area contributed by atoms with Crippen LogP contribution in [0.15, 0.2) is 47.9 Å². The normalized spacial score (nSPS) is 15.2. The fraction of sp³-hybridized carbons (Fsp3) is 0.300. The molecule has 0 atom stereocenters. The summed E-state index contributed by atoms with van der Waals surface area (Å²) in [6.07, 6.45) is 5.72. The molecule has 0 radical (unpaired) electrons. The zero-order chi connectivity index (χ0) is 19.6. The summed E-state index contributed by atoms with van der Waals surface area (Å²) in [6.45, 7) is 1.05. The number of benzene rings is 1. The summed E-state index contributed by atoms with van der Waals surface area (Å²) >= 11 is 1.39. The van der Waals surface area contributed by atoms with Gasteiger partial charge < -0.3 is 14.8 Å². The van der Waals surface area contributed by atoms with E-state index in [0.717, 1.165) is 29.4 Å². The Hall–Kier alpha value is -3.07. The van der Waals surface area contributed by atoms with Crippen molar-refractivity contribution in [3.05, 3.63) is 42.7 Å². The molecule has 148 valence electrons. The molecule has 0 saturated heterocycles. The number of amides is 1. The van der Waals surface area contributed by atoms with Crippen LogP contribution in [0.5, 0.6) is 11.5 Å². The molecule has 8 nitrogen and oxygen atoms in total. The highest BCUT2D eigenvalue weighted by atomic mass is 32.2. The first-order chi connectivity index (χ1) is 14.3. The van der Waals surface area contributed by atoms with Crippen molar-refractivity contribution in [2.45, 2.75) is 24.0 Å². The fourth-order valence-corrected chi connectivity index (χ4v) is 3.98. The first kappa shape index (κ1) is 18.0. The van der Waals surface area contributed by atoms with E-state index in [0.29, 0.717) is 36.4 Å². The van der Waals surface area contributed by atoms with Gasteiger partial charge in [-0.2, -0.15) is 0 Å². The van der Waals surface area contributed by atoms with E-state index in [2.05, 4.69) is 25.1 Å². The van der Waals surface area contributed by atoms with Crippen molar-refractivity contribution in [1.82, 2.24) is 19.7 Å². The van der Waals surface area contributed by atoms with Crippen LogP contribution in [0, 0.1) is 0 Å². The number of ether oxygens (including phenoxy) is 2. The Morgan fingerprint density at radius 1 is 1.17 bits per heavy atom. The van der Waals surface area contributed by atoms with E-state index in [1.807, 2.05) is 18.2 Å². The number of anilines is 1. The van der Waals surface area contributed by atoms with Gasteiger partial charge in [-0.15, -0.1) is 10.2 Å². The van der Waals surface area contributed by atoms with Crippen LogP contribution in [-0.4, -0.2) is 44.6 Å². The topological polar surface area (TPSA) is 91.2 Å². The second-order valence-corrected chi connectivity index (χ2v) is 7.79. The predicted molar refractivity (Wildman–Crippen MR) is 108 cm³/mol. The molecule has 1 aliphatic carbocycles. The van der Waals surface area contributed by atoms with Crippen LogP contribution >= 0.6 is 11.8 Å². The Balaban J connectivity index is 1.27. The van der Waals surface area contributed by atoms with Crippen molar-refractivity contribution in [2.24, 2.45) is 0 Å². The van der Waals surface area contributed by atoms with Gasteiger partial charge in [0.25, 0.3) is 0 Å². The Morgan fingerprint density at radius 3 is 2.83 bits per heavy atom. The number of rotatable bonds is 6. The lowest BCUT2D eigenvalue weighted by Gasteiger charge is -2.19. The van der Waals surface area contributed by atoms with Gasteiger partial charge in [-0.3, -0.25) is 14.3 Å². The molecule has 1 saturated carbocycles. The molecule has 29 heavy (non-hydrogen) atoms. The molecule has 1 fully saturated rings. The molecule has 3 aromatic rings. The Bertz CT molecular complexity index is 1040. The van der Waals surface area contributed by atoms with E-state index >= 15 is 0 Å². The number of nitrogens with one attached hydrogen (secondary N) is 1. The molecule has 5 rings (SSSR count). The summed E-state index contributed by atoms with van der Waals surface area (Å²) in [5.41, 5.74) is 1.61. The first-order valence-corrected chi connectivity index (χ1v) is 10.4. The zero-order valence-corrected chi connectivity index (χ0v) is 16.4. The number of aromatic nitrogens is 4. The molecule has 2 aromatic heterocycles. The number of fused-ring (bicyclic) bond motifs is 1. The minimum atomic E-state index is -0.111. The fourth-order valence-electron chi connectivity index (χ4n) is 3.18. The van der Waals surface area contributed by atoms with Gasteiger partial charge >= 0.3 is 0 Å². The summed E-state index contributed by atoms with van der Waals surface area (Å²) in [4.78, 5) is 16.6. The monoisotopic (exact) mass is 409 g/mol. The van der Waals surface area contributed by atoms with Crippen molar-refractivity contribution < 1.29 is 14.3 Å². The molecule has 9 heteroatoms. The highest BCUT2D eigenvalue weighted by molar-refractivity contribution is 7.99. The minimum Gasteiger partial charge on any atom is -0.486 e. The molecular formula is C20H19N5O3S. The summed E-state index contributed by atoms with van der Waals surface area (Å²) in [6, 6.07) is 9.64. The average molecular weight is 409 g/mol. The summed E-state index contributed by atoms with van der Waals surface area (Å²) in [5, 5.41) is 12.3. The van der Waals surface area contributed by atoms with E-state index in [9.17, 15) is 4.79 Å². The number of hydrogen-bond donors (Lipinski definition) is 1. The largest absolute Gasteiger partial charge is 0.486 e. The third-order valence-electron chi connectivity index (χ3n) is 4.65. The highest BCUT2D eigenvalue weighted by Gasteiger charge is 2.30. The number of carbonyl (C=O) groups excluding carboxylic acids is 1. The first-order valence-electron chi connectivity index (χ1n) is 9.45. The smallest absolute Gasteiger partial charge is 0.234 e. The Morgan fingerprint density at radius 2 is 2.03 bits per heavy atom. The maximum absolute atomic E-state index is 12.5. The maximum atomic E-state index is 12.5. The van der Waals surface area contributed by atoms with Crippen LogP contribution in [-0.2, 0) is 4.79 Å². The van der Waals surface area contributed by atoms with Crippen LogP contribution in [0.1, 0.15) is 18.9 Å². The van der Waals surface area contributed by atoms with Gasteiger partial charge in [0.2, 0.25) is 5.91 Å². The van der Waals surface area contributed by atoms with Crippen molar-refractivity contribution in [3.63, 3.8) is 0 Å². The quantitative estimate of drug-likeness (QED) is 0.625. The molecule has 0 spiro atoms. The van der Waals surface area contributed by atoms with Crippen LogP contribution in [0.4, 0.5) is 5.69 Å². The van der Waals surface area contributed by atoms with Crippen LogP contribution < -0.4 is 14.8 Å². The molecular weight excluding hydrogens is 390 g/mol.